The summed E-state index contributed by atoms with van der Waals surface area (Å²) in [6.07, 6.45) is 2.29. The Bertz CT molecular complexity index is 388. The van der Waals surface area contributed by atoms with Crippen molar-refractivity contribution in [3.8, 4) is 0 Å². The number of hydrogen-bond acceptors (Lipinski definition) is 2. The second kappa shape index (κ2) is 4.06. The maximum absolute atomic E-state index is 13.2. The third kappa shape index (κ3) is 1.80. The summed E-state index contributed by atoms with van der Waals surface area (Å²) in [5.74, 6) is 0.716. The van der Waals surface area contributed by atoms with Crippen molar-refractivity contribution in [2.24, 2.45) is 5.92 Å². The van der Waals surface area contributed by atoms with Gasteiger partial charge in [0.2, 0.25) is 0 Å². The zero-order valence-corrected chi connectivity index (χ0v) is 9.38. The van der Waals surface area contributed by atoms with Crippen LogP contribution in [0.5, 0.6) is 0 Å². The number of fused-ring (bicyclic) bond motifs is 1. The van der Waals surface area contributed by atoms with Crippen molar-refractivity contribution in [2.45, 2.75) is 12.8 Å². The molecule has 3 heteroatoms. The summed E-state index contributed by atoms with van der Waals surface area (Å²) in [5.41, 5.74) is 2.42. The van der Waals surface area contributed by atoms with E-state index >= 15 is 0 Å². The van der Waals surface area contributed by atoms with Gasteiger partial charge in [-0.15, -0.1) is 0 Å². The van der Waals surface area contributed by atoms with Gasteiger partial charge in [-0.1, -0.05) is 6.07 Å². The van der Waals surface area contributed by atoms with E-state index in [0.29, 0.717) is 0 Å². The van der Waals surface area contributed by atoms with Crippen LogP contribution >= 0.6 is 0 Å². The normalized spacial score (nSPS) is 19.7. The zero-order valence-electron chi connectivity index (χ0n) is 9.38. The molecule has 0 amide bonds. The van der Waals surface area contributed by atoms with Crippen molar-refractivity contribution in [2.75, 3.05) is 31.1 Å². The molecule has 2 heterocycles. The Balaban J connectivity index is 1.67. The molecule has 1 aromatic rings. The topological polar surface area (TPSA) is 15.3 Å². The first-order valence-corrected chi connectivity index (χ1v) is 6.07. The predicted molar refractivity (Wildman–Crippen MR) is 63.3 cm³/mol. The molecule has 1 fully saturated rings. The minimum Gasteiger partial charge on any atom is -0.371 e. The SMILES string of the molecule is Fc1ccc2c(c1)N(CCC1CNC1)CC2. The Morgan fingerprint density at radius 3 is 3.00 bits per heavy atom. The number of benzene rings is 1. The lowest BCUT2D eigenvalue weighted by Gasteiger charge is -2.29. The standard InChI is InChI=1S/C13H17FN2/c14-12-2-1-11-4-6-16(13(11)7-12)5-3-10-8-15-9-10/h1-2,7,10,15H,3-6,8-9H2. The maximum atomic E-state index is 13.2. The number of hydrogen-bond donors (Lipinski definition) is 1. The van der Waals surface area contributed by atoms with Crippen LogP contribution in [0.15, 0.2) is 18.2 Å². The van der Waals surface area contributed by atoms with E-state index in [1.54, 1.807) is 12.1 Å². The number of halogens is 1. The Morgan fingerprint density at radius 1 is 1.38 bits per heavy atom. The van der Waals surface area contributed by atoms with Gasteiger partial charge >= 0.3 is 0 Å². The fraction of sp³-hybridized carbons (Fsp3) is 0.538. The molecule has 0 atom stereocenters. The van der Waals surface area contributed by atoms with E-state index in [9.17, 15) is 4.39 Å². The van der Waals surface area contributed by atoms with Gasteiger partial charge in [0.1, 0.15) is 5.82 Å². The molecule has 0 spiro atoms. The largest absolute Gasteiger partial charge is 0.371 e. The summed E-state index contributed by atoms with van der Waals surface area (Å²) in [4.78, 5) is 2.33. The molecular weight excluding hydrogens is 203 g/mol. The Labute approximate surface area is 95.4 Å². The van der Waals surface area contributed by atoms with E-state index in [-0.39, 0.29) is 5.82 Å². The molecule has 1 N–H and O–H groups in total. The molecule has 1 saturated heterocycles. The quantitative estimate of drug-likeness (QED) is 0.835. The van der Waals surface area contributed by atoms with Crippen molar-refractivity contribution < 1.29 is 4.39 Å². The molecule has 0 bridgehead atoms. The van der Waals surface area contributed by atoms with Crippen molar-refractivity contribution in [3.05, 3.63) is 29.6 Å². The van der Waals surface area contributed by atoms with Crippen LogP contribution in [0.25, 0.3) is 0 Å². The Hall–Kier alpha value is -1.09. The van der Waals surface area contributed by atoms with Gasteiger partial charge in [-0.3, -0.25) is 0 Å². The van der Waals surface area contributed by atoms with Crippen molar-refractivity contribution in [1.82, 2.24) is 5.32 Å². The molecule has 1 aromatic carbocycles. The lowest BCUT2D eigenvalue weighted by atomic mass is 9.99. The van der Waals surface area contributed by atoms with Gasteiger partial charge in [-0.2, -0.15) is 0 Å². The van der Waals surface area contributed by atoms with Crippen LogP contribution < -0.4 is 10.2 Å². The fourth-order valence-electron chi connectivity index (χ4n) is 2.54. The third-order valence-electron chi connectivity index (χ3n) is 3.71. The van der Waals surface area contributed by atoms with Gasteiger partial charge in [-0.05, 0) is 49.5 Å². The van der Waals surface area contributed by atoms with Crippen molar-refractivity contribution in [3.63, 3.8) is 0 Å². The minimum atomic E-state index is -0.115. The monoisotopic (exact) mass is 220 g/mol. The summed E-state index contributed by atoms with van der Waals surface area (Å²) in [6, 6.07) is 5.18. The number of nitrogens with one attached hydrogen (secondary N) is 1. The van der Waals surface area contributed by atoms with Crippen molar-refractivity contribution >= 4 is 5.69 Å². The lowest BCUT2D eigenvalue weighted by molar-refractivity contribution is 0.329. The van der Waals surface area contributed by atoms with E-state index < -0.39 is 0 Å². The maximum Gasteiger partial charge on any atom is 0.125 e. The second-order valence-electron chi connectivity index (χ2n) is 4.82. The number of anilines is 1. The molecular formula is C13H17FN2. The zero-order chi connectivity index (χ0) is 11.0. The van der Waals surface area contributed by atoms with Gasteiger partial charge in [0.05, 0.1) is 0 Å². The summed E-state index contributed by atoms with van der Waals surface area (Å²) in [7, 11) is 0. The van der Waals surface area contributed by atoms with Crippen LogP contribution in [-0.4, -0.2) is 26.2 Å². The summed E-state index contributed by atoms with van der Waals surface area (Å²) < 4.78 is 13.2. The van der Waals surface area contributed by atoms with Crippen LogP contribution in [0.4, 0.5) is 10.1 Å². The summed E-state index contributed by atoms with van der Waals surface area (Å²) in [5, 5.41) is 3.29. The molecule has 0 aromatic heterocycles. The van der Waals surface area contributed by atoms with Gasteiger partial charge < -0.3 is 10.2 Å². The molecule has 2 aliphatic heterocycles. The highest BCUT2D eigenvalue weighted by Crippen LogP contribution is 2.29. The third-order valence-corrected chi connectivity index (χ3v) is 3.71. The average Bonchev–Trinajstić information content (AvgIpc) is 2.59. The molecule has 2 nitrogen and oxygen atoms in total. The van der Waals surface area contributed by atoms with E-state index in [1.807, 2.05) is 6.07 Å². The van der Waals surface area contributed by atoms with Gasteiger partial charge in [0.15, 0.2) is 0 Å². The molecule has 2 aliphatic rings. The molecule has 16 heavy (non-hydrogen) atoms. The first-order valence-electron chi connectivity index (χ1n) is 6.07. The number of nitrogens with zero attached hydrogens (tertiary/aromatic N) is 1. The number of rotatable bonds is 3. The molecule has 0 aliphatic carbocycles. The first-order chi connectivity index (χ1) is 7.83. The summed E-state index contributed by atoms with van der Waals surface area (Å²) in [6.45, 7) is 4.44. The van der Waals surface area contributed by atoms with E-state index in [4.69, 9.17) is 0 Å². The summed E-state index contributed by atoms with van der Waals surface area (Å²) >= 11 is 0. The fourth-order valence-corrected chi connectivity index (χ4v) is 2.54. The van der Waals surface area contributed by atoms with E-state index in [2.05, 4.69) is 10.2 Å². The van der Waals surface area contributed by atoms with Crippen LogP contribution in [0.2, 0.25) is 0 Å². The van der Waals surface area contributed by atoms with Gasteiger partial charge in [0, 0.05) is 18.8 Å². The molecule has 3 rings (SSSR count). The highest BCUT2D eigenvalue weighted by molar-refractivity contribution is 5.58. The van der Waals surface area contributed by atoms with Gasteiger partial charge in [0.25, 0.3) is 0 Å². The van der Waals surface area contributed by atoms with E-state index in [0.717, 1.165) is 44.2 Å². The highest BCUT2D eigenvalue weighted by atomic mass is 19.1. The predicted octanol–water partition coefficient (Wildman–Crippen LogP) is 1.80. The molecule has 86 valence electrons. The molecule has 0 unspecified atom stereocenters. The Kier molecular flexibility index (Phi) is 2.56. The van der Waals surface area contributed by atoms with Crippen LogP contribution in [0.1, 0.15) is 12.0 Å². The van der Waals surface area contributed by atoms with E-state index in [1.165, 1.54) is 12.0 Å². The van der Waals surface area contributed by atoms with Crippen molar-refractivity contribution in [1.29, 1.82) is 0 Å². The second-order valence-corrected chi connectivity index (χ2v) is 4.82. The Morgan fingerprint density at radius 2 is 2.25 bits per heavy atom. The van der Waals surface area contributed by atoms with Crippen LogP contribution in [0.3, 0.4) is 0 Å². The smallest absolute Gasteiger partial charge is 0.125 e. The van der Waals surface area contributed by atoms with Crippen LogP contribution in [-0.2, 0) is 6.42 Å². The molecule has 0 saturated carbocycles. The average molecular weight is 220 g/mol. The van der Waals surface area contributed by atoms with Crippen LogP contribution in [0, 0.1) is 11.7 Å². The van der Waals surface area contributed by atoms with Gasteiger partial charge in [-0.25, -0.2) is 4.39 Å². The minimum absolute atomic E-state index is 0.115. The first kappa shape index (κ1) is 10.1. The molecule has 0 radical (unpaired) electrons. The highest BCUT2D eigenvalue weighted by Gasteiger charge is 2.22. The lowest BCUT2D eigenvalue weighted by Crippen LogP contribution is -2.43.